The third-order valence-corrected chi connectivity index (χ3v) is 2.49. The summed E-state index contributed by atoms with van der Waals surface area (Å²) in [6.45, 7) is 3.92. The first kappa shape index (κ1) is 14.4. The lowest BCUT2D eigenvalue weighted by Gasteiger charge is -2.15. The van der Waals surface area contributed by atoms with Crippen LogP contribution in [0, 0.1) is 0 Å². The molecule has 0 aliphatic heterocycles. The summed E-state index contributed by atoms with van der Waals surface area (Å²) in [6.07, 6.45) is 3.20. The van der Waals surface area contributed by atoms with Crippen LogP contribution in [0.15, 0.2) is 0 Å². The number of unbranched alkanes of at least 4 members (excludes halogenated alkanes) is 1. The second kappa shape index (κ2) is 6.79. The highest BCUT2D eigenvalue weighted by molar-refractivity contribution is 7.88. The van der Waals surface area contributed by atoms with E-state index in [0.717, 1.165) is 19.1 Å². The zero-order chi connectivity index (χ0) is 11.9. The van der Waals surface area contributed by atoms with Crippen molar-refractivity contribution in [1.82, 2.24) is 4.72 Å². The molecular weight excluding hydrogens is 218 g/mol. The van der Waals surface area contributed by atoms with Gasteiger partial charge in [-0.3, -0.25) is 4.79 Å². The van der Waals surface area contributed by atoms with Crippen LogP contribution in [0.3, 0.4) is 0 Å². The smallest absolute Gasteiger partial charge is 0.324 e. The Balaban J connectivity index is 4.36. The zero-order valence-electron chi connectivity index (χ0n) is 9.45. The standard InChI is InChI=1S/C9H19NO4S/c1-4-6-7-8(9(11)14-5-2)10-15(3,12)13/h8,10H,4-7H2,1-3H3. The van der Waals surface area contributed by atoms with Crippen molar-refractivity contribution in [3.05, 3.63) is 0 Å². The summed E-state index contributed by atoms with van der Waals surface area (Å²) in [4.78, 5) is 11.4. The molecule has 90 valence electrons. The summed E-state index contributed by atoms with van der Waals surface area (Å²) in [6, 6.07) is -0.750. The maximum absolute atomic E-state index is 11.4. The number of sulfonamides is 1. The number of carbonyl (C=O) groups excluding carboxylic acids is 1. The van der Waals surface area contributed by atoms with E-state index in [9.17, 15) is 13.2 Å². The van der Waals surface area contributed by atoms with Crippen LogP contribution in [0.25, 0.3) is 0 Å². The van der Waals surface area contributed by atoms with E-state index in [1.54, 1.807) is 6.92 Å². The molecule has 0 aromatic rings. The van der Waals surface area contributed by atoms with E-state index in [1.807, 2.05) is 6.92 Å². The van der Waals surface area contributed by atoms with Gasteiger partial charge in [0.15, 0.2) is 0 Å². The van der Waals surface area contributed by atoms with Gasteiger partial charge in [-0.05, 0) is 13.3 Å². The highest BCUT2D eigenvalue weighted by Gasteiger charge is 2.22. The van der Waals surface area contributed by atoms with Crippen molar-refractivity contribution in [1.29, 1.82) is 0 Å². The number of carbonyl (C=O) groups is 1. The van der Waals surface area contributed by atoms with E-state index in [2.05, 4.69) is 4.72 Å². The lowest BCUT2D eigenvalue weighted by molar-refractivity contribution is -0.145. The molecule has 5 nitrogen and oxygen atoms in total. The molecule has 0 saturated heterocycles. The van der Waals surface area contributed by atoms with Crippen molar-refractivity contribution >= 4 is 16.0 Å². The first-order chi connectivity index (χ1) is 6.90. The SMILES string of the molecule is CCCCC(NS(C)(=O)=O)C(=O)OCC. The van der Waals surface area contributed by atoms with Gasteiger partial charge in [0.1, 0.15) is 6.04 Å². The molecule has 0 saturated carbocycles. The van der Waals surface area contributed by atoms with E-state index in [0.29, 0.717) is 6.42 Å². The largest absolute Gasteiger partial charge is 0.465 e. The summed E-state index contributed by atoms with van der Waals surface area (Å²) < 4.78 is 29.0. The van der Waals surface area contributed by atoms with Crippen molar-refractivity contribution in [2.75, 3.05) is 12.9 Å². The summed E-state index contributed by atoms with van der Waals surface area (Å²) in [5.74, 6) is -0.503. The molecule has 0 amide bonds. The van der Waals surface area contributed by atoms with E-state index < -0.39 is 22.0 Å². The van der Waals surface area contributed by atoms with Crippen LogP contribution in [0.4, 0.5) is 0 Å². The average molecular weight is 237 g/mol. The van der Waals surface area contributed by atoms with Crippen LogP contribution in [0.2, 0.25) is 0 Å². The molecule has 0 rings (SSSR count). The molecule has 0 fully saturated rings. The lowest BCUT2D eigenvalue weighted by Crippen LogP contribution is -2.41. The molecule has 1 unspecified atom stereocenters. The van der Waals surface area contributed by atoms with Gasteiger partial charge in [0.05, 0.1) is 12.9 Å². The monoisotopic (exact) mass is 237 g/mol. The Bertz CT molecular complexity index is 286. The molecule has 1 atom stereocenters. The Kier molecular flexibility index (Phi) is 6.51. The van der Waals surface area contributed by atoms with Gasteiger partial charge in [-0.15, -0.1) is 0 Å². The molecule has 0 aliphatic rings. The number of nitrogens with one attached hydrogen (secondary N) is 1. The summed E-state index contributed by atoms with van der Waals surface area (Å²) in [5, 5.41) is 0. The zero-order valence-corrected chi connectivity index (χ0v) is 10.3. The van der Waals surface area contributed by atoms with Crippen LogP contribution in [0.5, 0.6) is 0 Å². The molecule has 0 heterocycles. The predicted molar refractivity (Wildman–Crippen MR) is 57.9 cm³/mol. The summed E-state index contributed by atoms with van der Waals surface area (Å²) in [5.41, 5.74) is 0. The number of rotatable bonds is 7. The third-order valence-electron chi connectivity index (χ3n) is 1.77. The highest BCUT2D eigenvalue weighted by atomic mass is 32.2. The Morgan fingerprint density at radius 1 is 1.40 bits per heavy atom. The van der Waals surface area contributed by atoms with Gasteiger partial charge in [0.25, 0.3) is 0 Å². The number of hydrogen-bond acceptors (Lipinski definition) is 4. The van der Waals surface area contributed by atoms with Crippen LogP contribution >= 0.6 is 0 Å². The molecule has 0 spiro atoms. The normalized spacial score (nSPS) is 13.5. The first-order valence-corrected chi connectivity index (χ1v) is 6.93. The predicted octanol–water partition coefficient (Wildman–Crippen LogP) is 0.657. The molecule has 0 aliphatic carbocycles. The number of ether oxygens (including phenoxy) is 1. The maximum atomic E-state index is 11.4. The van der Waals surface area contributed by atoms with Gasteiger partial charge < -0.3 is 4.74 Å². The third kappa shape index (κ3) is 7.33. The van der Waals surface area contributed by atoms with Crippen molar-refractivity contribution in [2.24, 2.45) is 0 Å². The second-order valence-corrected chi connectivity index (χ2v) is 5.12. The molecule has 0 aromatic heterocycles. The van der Waals surface area contributed by atoms with Crippen molar-refractivity contribution in [3.8, 4) is 0 Å². The van der Waals surface area contributed by atoms with E-state index in [-0.39, 0.29) is 6.61 Å². The fourth-order valence-corrected chi connectivity index (χ4v) is 1.87. The molecule has 0 radical (unpaired) electrons. The van der Waals surface area contributed by atoms with Gasteiger partial charge in [0.2, 0.25) is 10.0 Å². The summed E-state index contributed by atoms with van der Waals surface area (Å²) >= 11 is 0. The highest BCUT2D eigenvalue weighted by Crippen LogP contribution is 2.04. The Morgan fingerprint density at radius 3 is 2.40 bits per heavy atom. The molecule has 6 heteroatoms. The van der Waals surface area contributed by atoms with Crippen molar-refractivity contribution in [2.45, 2.75) is 39.2 Å². The van der Waals surface area contributed by atoms with E-state index >= 15 is 0 Å². The fourth-order valence-electron chi connectivity index (χ4n) is 1.13. The van der Waals surface area contributed by atoms with Gasteiger partial charge in [-0.25, -0.2) is 13.1 Å². The van der Waals surface area contributed by atoms with Gasteiger partial charge in [-0.1, -0.05) is 19.8 Å². The Morgan fingerprint density at radius 2 is 2.00 bits per heavy atom. The average Bonchev–Trinajstić information content (AvgIpc) is 2.10. The van der Waals surface area contributed by atoms with Crippen LogP contribution in [-0.2, 0) is 19.6 Å². The molecule has 15 heavy (non-hydrogen) atoms. The van der Waals surface area contributed by atoms with Gasteiger partial charge in [-0.2, -0.15) is 0 Å². The van der Waals surface area contributed by atoms with Crippen molar-refractivity contribution < 1.29 is 17.9 Å². The minimum Gasteiger partial charge on any atom is -0.465 e. The molecular formula is C9H19NO4S. The lowest BCUT2D eigenvalue weighted by atomic mass is 10.1. The summed E-state index contributed by atoms with van der Waals surface area (Å²) in [7, 11) is -3.37. The minimum absolute atomic E-state index is 0.257. The van der Waals surface area contributed by atoms with Crippen molar-refractivity contribution in [3.63, 3.8) is 0 Å². The molecule has 0 bridgehead atoms. The van der Waals surface area contributed by atoms with Crippen LogP contribution in [-0.4, -0.2) is 33.3 Å². The number of esters is 1. The van der Waals surface area contributed by atoms with Crippen LogP contribution in [0.1, 0.15) is 33.1 Å². The Labute approximate surface area is 91.2 Å². The number of hydrogen-bond donors (Lipinski definition) is 1. The van der Waals surface area contributed by atoms with Crippen LogP contribution < -0.4 is 4.72 Å². The topological polar surface area (TPSA) is 72.5 Å². The van der Waals surface area contributed by atoms with Gasteiger partial charge in [0, 0.05) is 0 Å². The fraction of sp³-hybridized carbons (Fsp3) is 0.889. The molecule has 0 aromatic carbocycles. The molecule has 1 N–H and O–H groups in total. The van der Waals surface area contributed by atoms with E-state index in [4.69, 9.17) is 4.74 Å². The minimum atomic E-state index is -3.37. The quantitative estimate of drug-likeness (QED) is 0.660. The maximum Gasteiger partial charge on any atom is 0.324 e. The van der Waals surface area contributed by atoms with Gasteiger partial charge >= 0.3 is 5.97 Å². The van der Waals surface area contributed by atoms with E-state index in [1.165, 1.54) is 0 Å². The first-order valence-electron chi connectivity index (χ1n) is 5.04. The second-order valence-electron chi connectivity index (χ2n) is 3.34. The Hall–Kier alpha value is -0.620.